The molecule has 5 nitrogen and oxygen atoms in total. The predicted molar refractivity (Wildman–Crippen MR) is 107 cm³/mol. The first-order valence-corrected chi connectivity index (χ1v) is 10.6. The summed E-state index contributed by atoms with van der Waals surface area (Å²) in [7, 11) is -0.581. The second-order valence-corrected chi connectivity index (χ2v) is 9.51. The maximum Gasteiger partial charge on any atom is 0.242 e. The molecule has 0 fully saturated rings. The van der Waals surface area contributed by atoms with Crippen LogP contribution in [0.2, 0.25) is 0 Å². The highest BCUT2D eigenvalue weighted by Crippen LogP contribution is 2.25. The molecular weight excluding hydrogens is 368 g/mol. The van der Waals surface area contributed by atoms with Crippen molar-refractivity contribution in [1.29, 1.82) is 0 Å². The SMILES string of the molecule is Cc1ccc(SCC(=O)Nc2ccc(C)c(S(=O)(=O)N(C)C)c2)c(C)c1. The van der Waals surface area contributed by atoms with E-state index in [9.17, 15) is 13.2 Å². The van der Waals surface area contributed by atoms with E-state index >= 15 is 0 Å². The summed E-state index contributed by atoms with van der Waals surface area (Å²) in [5.74, 6) is 0.0834. The molecule has 0 saturated carbocycles. The second kappa shape index (κ2) is 8.24. The van der Waals surface area contributed by atoms with E-state index in [2.05, 4.69) is 11.4 Å². The van der Waals surface area contributed by atoms with Crippen molar-refractivity contribution in [2.45, 2.75) is 30.6 Å². The Balaban J connectivity index is 2.10. The number of nitrogens with one attached hydrogen (secondary N) is 1. The molecule has 0 aliphatic carbocycles. The molecule has 1 N–H and O–H groups in total. The Morgan fingerprint density at radius 2 is 1.73 bits per heavy atom. The van der Waals surface area contributed by atoms with Crippen molar-refractivity contribution in [3.05, 3.63) is 53.1 Å². The lowest BCUT2D eigenvalue weighted by atomic mass is 10.2. The number of benzene rings is 2. The highest BCUT2D eigenvalue weighted by Gasteiger charge is 2.20. The van der Waals surface area contributed by atoms with Crippen LogP contribution in [0, 0.1) is 20.8 Å². The Morgan fingerprint density at radius 1 is 1.04 bits per heavy atom. The van der Waals surface area contributed by atoms with Gasteiger partial charge in [-0.3, -0.25) is 4.79 Å². The van der Waals surface area contributed by atoms with Gasteiger partial charge in [-0.25, -0.2) is 12.7 Å². The van der Waals surface area contributed by atoms with Gasteiger partial charge < -0.3 is 5.32 Å². The number of anilines is 1. The van der Waals surface area contributed by atoms with E-state index in [1.165, 1.54) is 37.5 Å². The Morgan fingerprint density at radius 3 is 2.35 bits per heavy atom. The van der Waals surface area contributed by atoms with E-state index in [0.29, 0.717) is 11.3 Å². The highest BCUT2D eigenvalue weighted by molar-refractivity contribution is 8.00. The van der Waals surface area contributed by atoms with Crippen LogP contribution in [0.15, 0.2) is 46.2 Å². The number of rotatable bonds is 6. The first-order chi connectivity index (χ1) is 12.1. The number of nitrogens with zero attached hydrogens (tertiary/aromatic N) is 1. The summed E-state index contributed by atoms with van der Waals surface area (Å²) in [6, 6.07) is 11.0. The molecule has 7 heteroatoms. The average Bonchev–Trinajstić information content (AvgIpc) is 2.55. The number of aryl methyl sites for hydroxylation is 3. The average molecular weight is 393 g/mol. The summed E-state index contributed by atoms with van der Waals surface area (Å²) in [6.45, 7) is 5.79. The number of carbonyl (C=O) groups excluding carboxylic acids is 1. The third-order valence-electron chi connectivity index (χ3n) is 3.92. The fourth-order valence-electron chi connectivity index (χ4n) is 2.45. The first kappa shape index (κ1) is 20.5. The molecule has 0 spiro atoms. The van der Waals surface area contributed by atoms with Crippen LogP contribution in [0.4, 0.5) is 5.69 Å². The monoisotopic (exact) mass is 392 g/mol. The molecule has 0 aliphatic heterocycles. The number of carbonyl (C=O) groups is 1. The van der Waals surface area contributed by atoms with E-state index in [1.807, 2.05) is 26.0 Å². The Hall–Kier alpha value is -1.83. The molecule has 0 atom stereocenters. The number of hydrogen-bond donors (Lipinski definition) is 1. The van der Waals surface area contributed by atoms with E-state index in [4.69, 9.17) is 0 Å². The minimum atomic E-state index is -3.55. The molecule has 2 aromatic carbocycles. The third-order valence-corrected chi connectivity index (χ3v) is 7.05. The van der Waals surface area contributed by atoms with Crippen LogP contribution in [-0.2, 0) is 14.8 Å². The molecule has 0 aromatic heterocycles. The summed E-state index contributed by atoms with van der Waals surface area (Å²) >= 11 is 1.46. The van der Waals surface area contributed by atoms with Gasteiger partial charge in [0.25, 0.3) is 0 Å². The van der Waals surface area contributed by atoms with Crippen LogP contribution in [0.5, 0.6) is 0 Å². The normalized spacial score (nSPS) is 11.6. The number of hydrogen-bond acceptors (Lipinski definition) is 4. The standard InChI is InChI=1S/C19H24N2O3S2/c1-13-6-9-17(15(3)10-13)25-12-19(22)20-16-8-7-14(2)18(11-16)26(23,24)21(4)5/h6-11H,12H2,1-5H3,(H,20,22). The minimum absolute atomic E-state index is 0.174. The summed E-state index contributed by atoms with van der Waals surface area (Å²) < 4.78 is 25.9. The first-order valence-electron chi connectivity index (χ1n) is 8.14. The van der Waals surface area contributed by atoms with Gasteiger partial charge in [0.2, 0.25) is 15.9 Å². The van der Waals surface area contributed by atoms with Crippen LogP contribution in [0.3, 0.4) is 0 Å². The Labute approximate surface area is 159 Å². The molecule has 0 bridgehead atoms. The zero-order valence-corrected chi connectivity index (χ0v) is 17.3. The van der Waals surface area contributed by atoms with Crippen molar-refractivity contribution in [1.82, 2.24) is 4.31 Å². The van der Waals surface area contributed by atoms with E-state index in [0.717, 1.165) is 14.8 Å². The van der Waals surface area contributed by atoms with E-state index in [1.54, 1.807) is 19.1 Å². The smallest absolute Gasteiger partial charge is 0.242 e. The van der Waals surface area contributed by atoms with Crippen molar-refractivity contribution in [3.8, 4) is 0 Å². The molecule has 0 radical (unpaired) electrons. The maximum absolute atomic E-state index is 12.4. The maximum atomic E-state index is 12.4. The fraction of sp³-hybridized carbons (Fsp3) is 0.316. The van der Waals surface area contributed by atoms with Gasteiger partial charge in [0, 0.05) is 24.7 Å². The Bertz CT molecular complexity index is 922. The van der Waals surface area contributed by atoms with Gasteiger partial charge in [0.1, 0.15) is 0 Å². The van der Waals surface area contributed by atoms with Gasteiger partial charge in [0.05, 0.1) is 10.6 Å². The van der Waals surface area contributed by atoms with Crippen molar-refractivity contribution in [3.63, 3.8) is 0 Å². The van der Waals surface area contributed by atoms with Crippen molar-refractivity contribution < 1.29 is 13.2 Å². The number of thioether (sulfide) groups is 1. The molecule has 0 unspecified atom stereocenters. The summed E-state index contributed by atoms with van der Waals surface area (Å²) in [4.78, 5) is 13.5. The van der Waals surface area contributed by atoms with Gasteiger partial charge >= 0.3 is 0 Å². The van der Waals surface area contributed by atoms with Gasteiger partial charge in [-0.15, -0.1) is 11.8 Å². The van der Waals surface area contributed by atoms with Crippen molar-refractivity contribution in [2.24, 2.45) is 0 Å². The van der Waals surface area contributed by atoms with Gasteiger partial charge in [0.15, 0.2) is 0 Å². The zero-order valence-electron chi connectivity index (χ0n) is 15.7. The zero-order chi connectivity index (χ0) is 19.5. The van der Waals surface area contributed by atoms with E-state index < -0.39 is 10.0 Å². The van der Waals surface area contributed by atoms with Crippen LogP contribution in [-0.4, -0.2) is 38.5 Å². The number of amides is 1. The molecule has 2 aromatic rings. The lowest BCUT2D eigenvalue weighted by Crippen LogP contribution is -2.23. The van der Waals surface area contributed by atoms with Gasteiger partial charge in [-0.1, -0.05) is 23.8 Å². The topological polar surface area (TPSA) is 66.5 Å². The summed E-state index contributed by atoms with van der Waals surface area (Å²) in [6.07, 6.45) is 0. The third kappa shape index (κ3) is 4.87. The lowest BCUT2D eigenvalue weighted by Gasteiger charge is -2.15. The molecule has 2 rings (SSSR count). The van der Waals surface area contributed by atoms with Gasteiger partial charge in [-0.05, 0) is 50.1 Å². The minimum Gasteiger partial charge on any atom is -0.325 e. The van der Waals surface area contributed by atoms with Crippen molar-refractivity contribution >= 4 is 33.4 Å². The largest absolute Gasteiger partial charge is 0.325 e. The molecule has 0 heterocycles. The molecular formula is C19H24N2O3S2. The summed E-state index contributed by atoms with van der Waals surface area (Å²) in [5.41, 5.74) is 3.44. The van der Waals surface area contributed by atoms with E-state index in [-0.39, 0.29) is 16.6 Å². The van der Waals surface area contributed by atoms with Crippen LogP contribution >= 0.6 is 11.8 Å². The highest BCUT2D eigenvalue weighted by atomic mass is 32.2. The van der Waals surface area contributed by atoms with Gasteiger partial charge in [-0.2, -0.15) is 0 Å². The van der Waals surface area contributed by atoms with Crippen molar-refractivity contribution in [2.75, 3.05) is 25.2 Å². The Kier molecular flexibility index (Phi) is 6.49. The molecule has 1 amide bonds. The quantitative estimate of drug-likeness (QED) is 0.763. The second-order valence-electron chi connectivity index (χ2n) is 6.37. The summed E-state index contributed by atoms with van der Waals surface area (Å²) in [5, 5.41) is 2.78. The van der Waals surface area contributed by atoms with Crippen LogP contribution in [0.25, 0.3) is 0 Å². The lowest BCUT2D eigenvalue weighted by molar-refractivity contribution is -0.113. The number of sulfonamides is 1. The predicted octanol–water partition coefficient (Wildman–Crippen LogP) is 3.59. The molecule has 140 valence electrons. The molecule has 26 heavy (non-hydrogen) atoms. The van der Waals surface area contributed by atoms with Crippen LogP contribution in [0.1, 0.15) is 16.7 Å². The fourth-order valence-corrected chi connectivity index (χ4v) is 4.41. The molecule has 0 saturated heterocycles. The van der Waals surface area contributed by atoms with Crippen LogP contribution < -0.4 is 5.32 Å². The molecule has 0 aliphatic rings.